The maximum atomic E-state index is 6.43. The van der Waals surface area contributed by atoms with Crippen molar-refractivity contribution in [2.45, 2.75) is 104 Å². The van der Waals surface area contributed by atoms with E-state index in [9.17, 15) is 0 Å². The topological polar surface area (TPSA) is 9.23 Å². The van der Waals surface area contributed by atoms with E-state index in [4.69, 9.17) is 4.74 Å². The first-order chi connectivity index (χ1) is 14.3. The van der Waals surface area contributed by atoms with Gasteiger partial charge in [0.1, 0.15) is 11.5 Å². The molecule has 0 saturated carbocycles. The van der Waals surface area contributed by atoms with Crippen molar-refractivity contribution >= 4 is 29.6 Å². The molecule has 1 nitrogen and oxygen atoms in total. The van der Waals surface area contributed by atoms with Gasteiger partial charge in [0.15, 0.2) is 0 Å². The molecule has 0 aliphatic heterocycles. The van der Waals surface area contributed by atoms with Gasteiger partial charge in [-0.25, -0.2) is 0 Å². The third-order valence-electron chi connectivity index (χ3n) is 5.76. The summed E-state index contributed by atoms with van der Waals surface area (Å²) in [6, 6.07) is 17.2. The van der Waals surface area contributed by atoms with Gasteiger partial charge in [0, 0.05) is 0 Å². The third kappa shape index (κ3) is 11.0. The fourth-order valence-electron chi connectivity index (χ4n) is 3.93. The molecular formula is C28H43NaO. The van der Waals surface area contributed by atoms with Crippen molar-refractivity contribution < 1.29 is 4.74 Å². The van der Waals surface area contributed by atoms with Crippen LogP contribution in [0.2, 0.25) is 0 Å². The van der Waals surface area contributed by atoms with Crippen molar-refractivity contribution in [1.82, 2.24) is 0 Å². The molecule has 0 bridgehead atoms. The first-order valence-electron chi connectivity index (χ1n) is 12.2. The van der Waals surface area contributed by atoms with Gasteiger partial charge in [-0.1, -0.05) is 114 Å². The Labute approximate surface area is 208 Å². The molecule has 2 heteroatoms. The summed E-state index contributed by atoms with van der Waals surface area (Å²) < 4.78 is 6.43. The van der Waals surface area contributed by atoms with Crippen LogP contribution in [0.4, 0.5) is 0 Å². The monoisotopic (exact) mass is 418 g/mol. The van der Waals surface area contributed by atoms with Crippen molar-refractivity contribution in [2.24, 2.45) is 0 Å². The molecule has 2 aromatic carbocycles. The summed E-state index contributed by atoms with van der Waals surface area (Å²) in [5, 5.41) is 0. The van der Waals surface area contributed by atoms with Crippen molar-refractivity contribution in [3.05, 3.63) is 59.7 Å². The number of hydrogen-bond donors (Lipinski definition) is 0. The molecule has 0 saturated heterocycles. The number of rotatable bonds is 16. The molecule has 2 rings (SSSR count). The van der Waals surface area contributed by atoms with Crippen molar-refractivity contribution in [1.29, 1.82) is 0 Å². The molecule has 162 valence electrons. The Bertz CT molecular complexity index is 610. The molecule has 0 aromatic heterocycles. The van der Waals surface area contributed by atoms with E-state index in [0.29, 0.717) is 0 Å². The van der Waals surface area contributed by atoms with E-state index >= 15 is 0 Å². The number of ether oxygens (including phenoxy) is 1. The van der Waals surface area contributed by atoms with Gasteiger partial charge in [-0.2, -0.15) is 0 Å². The molecule has 0 heterocycles. The van der Waals surface area contributed by atoms with E-state index in [1.54, 1.807) is 0 Å². The molecular weight excluding hydrogens is 375 g/mol. The molecule has 0 aliphatic carbocycles. The van der Waals surface area contributed by atoms with E-state index < -0.39 is 0 Å². The molecule has 0 atom stereocenters. The van der Waals surface area contributed by atoms with Crippen LogP contribution in [0.1, 0.15) is 102 Å². The SMILES string of the molecule is CCCCCCCCc1ccccc1Oc1ccccc1CCCCCCCC.[NaH]. The molecule has 0 amide bonds. The van der Waals surface area contributed by atoms with Gasteiger partial charge in [0.05, 0.1) is 0 Å². The molecule has 0 spiro atoms. The molecule has 0 aliphatic rings. The number of aryl methyl sites for hydroxylation is 2. The molecule has 0 fully saturated rings. The summed E-state index contributed by atoms with van der Waals surface area (Å²) in [6.07, 6.45) is 18.2. The van der Waals surface area contributed by atoms with Crippen LogP contribution in [0.25, 0.3) is 0 Å². The van der Waals surface area contributed by atoms with Gasteiger partial charge in [-0.3, -0.25) is 0 Å². The predicted octanol–water partition coefficient (Wildman–Crippen LogP) is 8.64. The number of unbranched alkanes of at least 4 members (excludes halogenated alkanes) is 10. The Morgan fingerprint density at radius 2 is 0.867 bits per heavy atom. The van der Waals surface area contributed by atoms with Crippen LogP contribution in [0, 0.1) is 0 Å². The van der Waals surface area contributed by atoms with Gasteiger partial charge in [-0.15, -0.1) is 0 Å². The van der Waals surface area contributed by atoms with Gasteiger partial charge >= 0.3 is 29.6 Å². The average Bonchev–Trinajstić information content (AvgIpc) is 2.75. The third-order valence-corrected chi connectivity index (χ3v) is 5.76. The Morgan fingerprint density at radius 3 is 1.30 bits per heavy atom. The normalized spacial score (nSPS) is 10.6. The van der Waals surface area contributed by atoms with Crippen LogP contribution in [0.5, 0.6) is 11.5 Å². The van der Waals surface area contributed by atoms with E-state index in [1.807, 2.05) is 0 Å². The number of para-hydroxylation sites is 2. The average molecular weight is 419 g/mol. The zero-order valence-corrected chi connectivity index (χ0v) is 18.9. The Kier molecular flexibility index (Phi) is 16.2. The molecule has 30 heavy (non-hydrogen) atoms. The van der Waals surface area contributed by atoms with Gasteiger partial charge in [0.25, 0.3) is 0 Å². The van der Waals surface area contributed by atoms with Gasteiger partial charge in [-0.05, 0) is 48.9 Å². The number of benzene rings is 2. The summed E-state index contributed by atoms with van der Waals surface area (Å²) in [5.74, 6) is 2.08. The Hall–Kier alpha value is -0.760. The van der Waals surface area contributed by atoms with Crippen LogP contribution in [-0.2, 0) is 12.8 Å². The minimum absolute atomic E-state index is 0. The van der Waals surface area contributed by atoms with Crippen LogP contribution >= 0.6 is 0 Å². The molecule has 2 aromatic rings. The standard InChI is InChI=1S/C28H42O.Na.H/c1-3-5-7-9-11-13-19-25-21-15-17-23-27(25)29-28-24-18-16-22-26(28)20-14-12-10-8-6-4-2;;/h15-18,21-24H,3-14,19-20H2,1-2H3;;. The summed E-state index contributed by atoms with van der Waals surface area (Å²) in [5.41, 5.74) is 2.69. The second kappa shape index (κ2) is 17.9. The molecule has 0 radical (unpaired) electrons. The van der Waals surface area contributed by atoms with Gasteiger partial charge in [0.2, 0.25) is 0 Å². The van der Waals surface area contributed by atoms with Crippen molar-refractivity contribution in [2.75, 3.05) is 0 Å². The van der Waals surface area contributed by atoms with Crippen LogP contribution in [-0.4, -0.2) is 29.6 Å². The van der Waals surface area contributed by atoms with Crippen LogP contribution < -0.4 is 4.74 Å². The van der Waals surface area contributed by atoms with E-state index in [1.165, 1.54) is 88.2 Å². The first kappa shape index (κ1) is 27.3. The molecule has 0 N–H and O–H groups in total. The fourth-order valence-corrected chi connectivity index (χ4v) is 3.93. The molecule has 0 unspecified atom stereocenters. The van der Waals surface area contributed by atoms with Crippen LogP contribution in [0.15, 0.2) is 48.5 Å². The zero-order valence-electron chi connectivity index (χ0n) is 18.9. The Balaban J connectivity index is 0.00000450. The van der Waals surface area contributed by atoms with Gasteiger partial charge < -0.3 is 4.74 Å². The summed E-state index contributed by atoms with van der Waals surface area (Å²) >= 11 is 0. The predicted molar refractivity (Wildman–Crippen MR) is 134 cm³/mol. The van der Waals surface area contributed by atoms with Crippen molar-refractivity contribution in [3.8, 4) is 11.5 Å². The second-order valence-corrected chi connectivity index (χ2v) is 8.35. The quantitative estimate of drug-likeness (QED) is 0.196. The van der Waals surface area contributed by atoms with Crippen LogP contribution in [0.3, 0.4) is 0 Å². The van der Waals surface area contributed by atoms with E-state index in [-0.39, 0.29) is 29.6 Å². The number of hydrogen-bond acceptors (Lipinski definition) is 1. The first-order valence-corrected chi connectivity index (χ1v) is 12.2. The summed E-state index contributed by atoms with van der Waals surface area (Å²) in [7, 11) is 0. The summed E-state index contributed by atoms with van der Waals surface area (Å²) in [6.45, 7) is 4.55. The van der Waals surface area contributed by atoms with E-state index in [0.717, 1.165) is 24.3 Å². The second-order valence-electron chi connectivity index (χ2n) is 8.35. The summed E-state index contributed by atoms with van der Waals surface area (Å²) in [4.78, 5) is 0. The van der Waals surface area contributed by atoms with Crippen molar-refractivity contribution in [3.63, 3.8) is 0 Å². The maximum absolute atomic E-state index is 6.43. The zero-order chi connectivity index (χ0) is 20.6. The Morgan fingerprint density at radius 1 is 0.500 bits per heavy atom. The minimum atomic E-state index is 0. The van der Waals surface area contributed by atoms with E-state index in [2.05, 4.69) is 62.4 Å². The fraction of sp³-hybridized carbons (Fsp3) is 0.571.